The quantitative estimate of drug-likeness (QED) is 0.482. The molecule has 36 heavy (non-hydrogen) atoms. The number of carbonyl (C=O) groups excluding carboxylic acids is 1. The Labute approximate surface area is 210 Å². The molecule has 1 fully saturated rings. The maximum Gasteiger partial charge on any atom is 0.263 e. The monoisotopic (exact) mass is 488 g/mol. The van der Waals surface area contributed by atoms with E-state index in [4.69, 9.17) is 4.98 Å². The number of aryl methyl sites for hydroxylation is 1. The van der Waals surface area contributed by atoms with Gasteiger partial charge in [0.1, 0.15) is 11.5 Å². The molecule has 0 unspecified atom stereocenters. The van der Waals surface area contributed by atoms with E-state index in [1.807, 2.05) is 12.1 Å². The molecule has 0 saturated heterocycles. The maximum absolute atomic E-state index is 13.4. The average Bonchev–Trinajstić information content (AvgIpc) is 3.39. The maximum atomic E-state index is 13.4. The van der Waals surface area contributed by atoms with Gasteiger partial charge in [0.25, 0.3) is 5.56 Å². The molecule has 0 radical (unpaired) electrons. The zero-order valence-corrected chi connectivity index (χ0v) is 21.0. The van der Waals surface area contributed by atoms with Gasteiger partial charge in [-0.1, -0.05) is 25.8 Å². The number of aromatic nitrogens is 4. The Balaban J connectivity index is 1.45. The molecule has 3 aromatic rings. The molecule has 0 spiro atoms. The summed E-state index contributed by atoms with van der Waals surface area (Å²) in [6.07, 6.45) is 11.6. The van der Waals surface area contributed by atoms with Crippen molar-refractivity contribution in [3.8, 4) is 0 Å². The van der Waals surface area contributed by atoms with Crippen LogP contribution in [0, 0.1) is 6.92 Å². The fourth-order valence-electron chi connectivity index (χ4n) is 5.15. The van der Waals surface area contributed by atoms with Crippen LogP contribution in [0.3, 0.4) is 0 Å². The minimum Gasteiger partial charge on any atom is -0.332 e. The minimum atomic E-state index is -0.257. The van der Waals surface area contributed by atoms with Crippen molar-refractivity contribution in [2.75, 3.05) is 30.0 Å². The number of pyridine rings is 2. The molecule has 0 atom stereocenters. The SMILES string of the molecule is CCNN1CC=CN(c2ccc(Nc3ncc4c(C)c(C(C)=O)c(=O)n(C5CCCC5)c4n3)nc2)C1. The Hall–Kier alpha value is -3.63. The molecule has 3 aromatic heterocycles. The van der Waals surface area contributed by atoms with E-state index in [1.165, 1.54) is 6.92 Å². The van der Waals surface area contributed by atoms with E-state index in [0.717, 1.165) is 56.5 Å². The van der Waals surface area contributed by atoms with Crippen molar-refractivity contribution in [2.45, 2.75) is 52.5 Å². The van der Waals surface area contributed by atoms with E-state index in [1.54, 1.807) is 23.9 Å². The van der Waals surface area contributed by atoms with E-state index in [2.05, 4.69) is 49.8 Å². The number of nitrogens with zero attached hydrogens (tertiary/aromatic N) is 6. The van der Waals surface area contributed by atoms with Crippen molar-refractivity contribution in [2.24, 2.45) is 0 Å². The van der Waals surface area contributed by atoms with Crippen LogP contribution in [0.25, 0.3) is 11.0 Å². The van der Waals surface area contributed by atoms with Crippen LogP contribution in [0.5, 0.6) is 0 Å². The molecule has 1 aliphatic heterocycles. The molecule has 10 heteroatoms. The highest BCUT2D eigenvalue weighted by molar-refractivity contribution is 5.99. The van der Waals surface area contributed by atoms with Gasteiger partial charge < -0.3 is 10.2 Å². The van der Waals surface area contributed by atoms with Crippen molar-refractivity contribution < 1.29 is 4.79 Å². The predicted octanol–water partition coefficient (Wildman–Crippen LogP) is 3.67. The fourth-order valence-corrected chi connectivity index (χ4v) is 5.15. The molecule has 4 heterocycles. The number of hydrogen-bond acceptors (Lipinski definition) is 9. The Morgan fingerprint density at radius 3 is 2.67 bits per heavy atom. The summed E-state index contributed by atoms with van der Waals surface area (Å²) in [5.41, 5.74) is 5.47. The third kappa shape index (κ3) is 4.61. The predicted molar refractivity (Wildman–Crippen MR) is 140 cm³/mol. The van der Waals surface area contributed by atoms with Crippen LogP contribution in [-0.2, 0) is 0 Å². The highest BCUT2D eigenvalue weighted by Crippen LogP contribution is 2.32. The number of nitrogens with one attached hydrogen (secondary N) is 2. The van der Waals surface area contributed by atoms with Crippen LogP contribution in [0.15, 0.2) is 41.6 Å². The van der Waals surface area contributed by atoms with Crippen molar-refractivity contribution >= 4 is 34.3 Å². The van der Waals surface area contributed by atoms with Crippen LogP contribution in [-0.4, -0.2) is 50.1 Å². The Bertz CT molecular complexity index is 1360. The molecule has 2 N–H and O–H groups in total. The number of carbonyl (C=O) groups is 1. The van der Waals surface area contributed by atoms with Crippen molar-refractivity contribution in [3.63, 3.8) is 0 Å². The lowest BCUT2D eigenvalue weighted by atomic mass is 10.0. The van der Waals surface area contributed by atoms with Gasteiger partial charge >= 0.3 is 0 Å². The number of hydrogen-bond donors (Lipinski definition) is 2. The lowest BCUT2D eigenvalue weighted by molar-refractivity contribution is 0.101. The Morgan fingerprint density at radius 2 is 1.97 bits per heavy atom. The van der Waals surface area contributed by atoms with Crippen LogP contribution in [0.4, 0.5) is 17.5 Å². The molecule has 0 bridgehead atoms. The first-order chi connectivity index (χ1) is 17.5. The van der Waals surface area contributed by atoms with E-state index in [0.29, 0.717) is 23.0 Å². The van der Waals surface area contributed by atoms with Gasteiger partial charge in [0.2, 0.25) is 5.95 Å². The molecule has 0 aromatic carbocycles. The van der Waals surface area contributed by atoms with Crippen LogP contribution >= 0.6 is 0 Å². The lowest BCUT2D eigenvalue weighted by Gasteiger charge is -2.32. The van der Waals surface area contributed by atoms with Crippen LogP contribution in [0.2, 0.25) is 0 Å². The molecular formula is C26H32N8O2. The number of fused-ring (bicyclic) bond motifs is 1. The second-order valence-electron chi connectivity index (χ2n) is 9.36. The summed E-state index contributed by atoms with van der Waals surface area (Å²) in [7, 11) is 0. The van der Waals surface area contributed by atoms with Crippen molar-refractivity contribution in [1.82, 2.24) is 30.0 Å². The summed E-state index contributed by atoms with van der Waals surface area (Å²) in [5.74, 6) is 0.740. The molecule has 10 nitrogen and oxygen atoms in total. The van der Waals surface area contributed by atoms with E-state index in [-0.39, 0.29) is 22.9 Å². The largest absolute Gasteiger partial charge is 0.332 e. The van der Waals surface area contributed by atoms with E-state index >= 15 is 0 Å². The third-order valence-electron chi connectivity index (χ3n) is 6.89. The molecule has 0 amide bonds. The lowest BCUT2D eigenvalue weighted by Crippen LogP contribution is -2.46. The summed E-state index contributed by atoms with van der Waals surface area (Å²) in [4.78, 5) is 41.6. The average molecular weight is 489 g/mol. The first kappa shape index (κ1) is 24.1. The van der Waals surface area contributed by atoms with Crippen LogP contribution in [0.1, 0.15) is 61.5 Å². The van der Waals surface area contributed by atoms with Gasteiger partial charge in [-0.05, 0) is 44.4 Å². The van der Waals surface area contributed by atoms with Crippen molar-refractivity contribution in [3.05, 3.63) is 58.3 Å². The Kier molecular flexibility index (Phi) is 6.80. The molecule has 2 aliphatic rings. The number of hydrazine groups is 1. The summed E-state index contributed by atoms with van der Waals surface area (Å²) >= 11 is 0. The van der Waals surface area contributed by atoms with E-state index < -0.39 is 0 Å². The highest BCUT2D eigenvalue weighted by Gasteiger charge is 2.26. The van der Waals surface area contributed by atoms with Gasteiger partial charge in [0.15, 0.2) is 5.78 Å². The second-order valence-corrected chi connectivity index (χ2v) is 9.36. The van der Waals surface area contributed by atoms with Gasteiger partial charge in [-0.15, -0.1) is 0 Å². The van der Waals surface area contributed by atoms with Gasteiger partial charge in [-0.3, -0.25) is 19.6 Å². The topological polar surface area (TPSA) is 108 Å². The summed E-state index contributed by atoms with van der Waals surface area (Å²) < 4.78 is 1.72. The van der Waals surface area contributed by atoms with Gasteiger partial charge in [0.05, 0.1) is 24.1 Å². The molecule has 1 saturated carbocycles. The Morgan fingerprint density at radius 1 is 1.17 bits per heavy atom. The number of anilines is 3. The number of rotatable bonds is 7. The van der Waals surface area contributed by atoms with Gasteiger partial charge in [-0.25, -0.2) is 15.0 Å². The molecule has 5 rings (SSSR count). The molecular weight excluding hydrogens is 456 g/mol. The number of ketones is 1. The smallest absolute Gasteiger partial charge is 0.263 e. The highest BCUT2D eigenvalue weighted by atomic mass is 16.1. The number of Topliss-reactive ketones (excluding diaryl/α,β-unsaturated/α-hetero) is 1. The summed E-state index contributed by atoms with van der Waals surface area (Å²) in [5, 5.41) is 6.04. The molecule has 188 valence electrons. The zero-order valence-electron chi connectivity index (χ0n) is 21.0. The first-order valence-corrected chi connectivity index (χ1v) is 12.5. The summed E-state index contributed by atoms with van der Waals surface area (Å²) in [6.45, 7) is 7.78. The second kappa shape index (κ2) is 10.2. The minimum absolute atomic E-state index is 0.0400. The fraction of sp³-hybridized carbons (Fsp3) is 0.423. The first-order valence-electron chi connectivity index (χ1n) is 12.5. The van der Waals surface area contributed by atoms with E-state index in [9.17, 15) is 9.59 Å². The molecule has 1 aliphatic carbocycles. The van der Waals surface area contributed by atoms with Crippen LogP contribution < -0.4 is 21.2 Å². The zero-order chi connectivity index (χ0) is 25.2. The summed E-state index contributed by atoms with van der Waals surface area (Å²) in [6, 6.07) is 3.92. The normalized spacial score (nSPS) is 16.7. The van der Waals surface area contributed by atoms with Gasteiger partial charge in [0, 0.05) is 36.9 Å². The standard InChI is InChI=1S/C26H32N8O2/c1-4-29-33-13-7-12-32(16-33)20-10-11-22(27-14-20)30-26-28-15-21-17(2)23(18(3)35)25(36)34(24(21)31-26)19-8-5-6-9-19/h7,10-12,14-15,19,29H,4-6,8-9,13,16H2,1-3H3,(H,27,28,30,31). The third-order valence-corrected chi connectivity index (χ3v) is 6.89. The van der Waals surface area contributed by atoms with Crippen molar-refractivity contribution in [1.29, 1.82) is 0 Å². The van der Waals surface area contributed by atoms with Gasteiger partial charge in [-0.2, -0.15) is 4.98 Å².